The maximum Gasteiger partial charge on any atom is 0.305 e. The number of carboxylic acids is 1. The molecule has 0 saturated heterocycles. The number of amides is 1. The fourth-order valence-corrected chi connectivity index (χ4v) is 2.88. The van der Waals surface area contributed by atoms with Gasteiger partial charge >= 0.3 is 5.97 Å². The largest absolute Gasteiger partial charge is 0.481 e. The van der Waals surface area contributed by atoms with Gasteiger partial charge in [-0.3, -0.25) is 9.59 Å². The van der Waals surface area contributed by atoms with Gasteiger partial charge in [-0.05, 0) is 22.6 Å². The Bertz CT molecular complexity index is 696. The number of carbonyl (C=O) groups is 2. The lowest BCUT2D eigenvalue weighted by Gasteiger charge is -2.20. The second-order valence-corrected chi connectivity index (χ2v) is 6.81. The van der Waals surface area contributed by atoms with E-state index in [1.54, 1.807) is 11.8 Å². The molecule has 0 aliphatic heterocycles. The Hall–Kier alpha value is -2.01. The van der Waals surface area contributed by atoms with Crippen molar-refractivity contribution in [2.75, 3.05) is 6.26 Å². The number of hydrogen-bond donors (Lipinski definition) is 2. The number of rotatable bonds is 7. The summed E-state index contributed by atoms with van der Waals surface area (Å²) in [5.41, 5.74) is 0.843. The maximum absolute atomic E-state index is 12.2. The first kappa shape index (κ1) is 17.3. The second kappa shape index (κ2) is 8.02. The molecule has 0 fully saturated rings. The van der Waals surface area contributed by atoms with E-state index in [9.17, 15) is 14.7 Å². The molecular weight excluding hydrogens is 310 g/mol. The van der Waals surface area contributed by atoms with Crippen LogP contribution in [-0.2, 0) is 9.59 Å². The SMILES string of the molecule is CSC(C)CC(=O)N[C@H](CC(=O)O)c1cccc2ccccc12. The maximum atomic E-state index is 12.2. The normalized spacial score (nSPS) is 13.5. The van der Waals surface area contributed by atoms with Crippen molar-refractivity contribution in [3.05, 3.63) is 48.0 Å². The van der Waals surface area contributed by atoms with E-state index in [1.165, 1.54) is 0 Å². The van der Waals surface area contributed by atoms with Crippen LogP contribution >= 0.6 is 11.8 Å². The lowest BCUT2D eigenvalue weighted by atomic mass is 9.96. The molecule has 1 unspecified atom stereocenters. The van der Waals surface area contributed by atoms with Crippen LogP contribution in [0, 0.1) is 0 Å². The zero-order valence-electron chi connectivity index (χ0n) is 13.3. The third-order valence-corrected chi connectivity index (χ3v) is 4.76. The van der Waals surface area contributed by atoms with Gasteiger partial charge in [0, 0.05) is 11.7 Å². The minimum absolute atomic E-state index is 0.119. The van der Waals surface area contributed by atoms with Crippen LogP contribution in [0.5, 0.6) is 0 Å². The van der Waals surface area contributed by atoms with Gasteiger partial charge in [-0.15, -0.1) is 0 Å². The lowest BCUT2D eigenvalue weighted by molar-refractivity contribution is -0.137. The molecule has 2 atom stereocenters. The first-order valence-corrected chi connectivity index (χ1v) is 8.81. The quantitative estimate of drug-likeness (QED) is 0.813. The van der Waals surface area contributed by atoms with Crippen LogP contribution in [0.2, 0.25) is 0 Å². The van der Waals surface area contributed by atoms with Crippen molar-refractivity contribution < 1.29 is 14.7 Å². The summed E-state index contributed by atoms with van der Waals surface area (Å²) in [4.78, 5) is 23.4. The van der Waals surface area contributed by atoms with E-state index in [0.717, 1.165) is 16.3 Å². The molecule has 0 saturated carbocycles. The van der Waals surface area contributed by atoms with Crippen molar-refractivity contribution in [3.8, 4) is 0 Å². The van der Waals surface area contributed by atoms with Crippen molar-refractivity contribution in [1.29, 1.82) is 0 Å². The third kappa shape index (κ3) is 4.73. The van der Waals surface area contributed by atoms with Crippen molar-refractivity contribution in [3.63, 3.8) is 0 Å². The molecule has 0 aliphatic carbocycles. The van der Waals surface area contributed by atoms with Crippen LogP contribution in [-0.4, -0.2) is 28.5 Å². The van der Waals surface area contributed by atoms with E-state index in [4.69, 9.17) is 0 Å². The molecule has 0 radical (unpaired) electrons. The number of carbonyl (C=O) groups excluding carboxylic acids is 1. The van der Waals surface area contributed by atoms with E-state index in [2.05, 4.69) is 5.32 Å². The van der Waals surface area contributed by atoms with Crippen LogP contribution in [0.4, 0.5) is 0 Å². The number of thioether (sulfide) groups is 1. The van der Waals surface area contributed by atoms with Gasteiger partial charge in [0.25, 0.3) is 0 Å². The average molecular weight is 331 g/mol. The molecule has 2 aromatic carbocycles. The monoisotopic (exact) mass is 331 g/mol. The summed E-state index contributed by atoms with van der Waals surface area (Å²) in [6.07, 6.45) is 2.20. The molecule has 0 aliphatic rings. The number of nitrogens with one attached hydrogen (secondary N) is 1. The minimum Gasteiger partial charge on any atom is -0.481 e. The van der Waals surface area contributed by atoms with Crippen LogP contribution in [0.15, 0.2) is 42.5 Å². The molecule has 0 spiro atoms. The summed E-state index contributed by atoms with van der Waals surface area (Å²) in [5, 5.41) is 14.3. The number of aliphatic carboxylic acids is 1. The van der Waals surface area contributed by atoms with Crippen molar-refractivity contribution in [2.24, 2.45) is 0 Å². The van der Waals surface area contributed by atoms with Gasteiger partial charge in [-0.1, -0.05) is 49.4 Å². The molecule has 2 rings (SSSR count). The first-order valence-electron chi connectivity index (χ1n) is 7.53. The molecule has 2 N–H and O–H groups in total. The van der Waals surface area contributed by atoms with E-state index < -0.39 is 12.0 Å². The van der Waals surface area contributed by atoms with Gasteiger partial charge in [0.2, 0.25) is 5.91 Å². The third-order valence-electron chi connectivity index (χ3n) is 3.79. The Balaban J connectivity index is 2.30. The predicted molar refractivity (Wildman–Crippen MR) is 94.7 cm³/mol. The van der Waals surface area contributed by atoms with E-state index in [1.807, 2.05) is 55.6 Å². The summed E-state index contributed by atoms with van der Waals surface area (Å²) in [7, 11) is 0. The fourth-order valence-electron chi connectivity index (χ4n) is 2.57. The van der Waals surface area contributed by atoms with Crippen molar-refractivity contribution in [1.82, 2.24) is 5.32 Å². The second-order valence-electron chi connectivity index (χ2n) is 5.54. The van der Waals surface area contributed by atoms with E-state index in [0.29, 0.717) is 6.42 Å². The Kier molecular flexibility index (Phi) is 6.04. The molecule has 4 nitrogen and oxygen atoms in total. The van der Waals surface area contributed by atoms with E-state index >= 15 is 0 Å². The van der Waals surface area contributed by atoms with Gasteiger partial charge < -0.3 is 10.4 Å². The zero-order chi connectivity index (χ0) is 16.8. The lowest BCUT2D eigenvalue weighted by Crippen LogP contribution is -2.31. The van der Waals surface area contributed by atoms with Crippen molar-refractivity contribution >= 4 is 34.4 Å². The zero-order valence-corrected chi connectivity index (χ0v) is 14.1. The Morgan fingerprint density at radius 3 is 2.52 bits per heavy atom. The molecule has 0 aromatic heterocycles. The average Bonchev–Trinajstić information content (AvgIpc) is 2.53. The summed E-state index contributed by atoms with van der Waals surface area (Å²) in [5.74, 6) is -1.05. The van der Waals surface area contributed by atoms with Gasteiger partial charge in [0.05, 0.1) is 12.5 Å². The molecule has 2 aromatic rings. The smallest absolute Gasteiger partial charge is 0.305 e. The van der Waals surface area contributed by atoms with Gasteiger partial charge in [-0.2, -0.15) is 11.8 Å². The highest BCUT2D eigenvalue weighted by Gasteiger charge is 2.20. The van der Waals surface area contributed by atoms with Gasteiger partial charge in [-0.25, -0.2) is 0 Å². The molecule has 1 amide bonds. The Morgan fingerprint density at radius 2 is 1.83 bits per heavy atom. The standard InChI is InChI=1S/C18H21NO3S/c1-12(23-2)10-17(20)19-16(11-18(21)22)15-9-5-7-13-6-3-4-8-14(13)15/h3-9,12,16H,10-11H2,1-2H3,(H,19,20)(H,21,22)/t12?,16-/m1/s1. The van der Waals surface area contributed by atoms with E-state index in [-0.39, 0.29) is 17.6 Å². The number of fused-ring (bicyclic) bond motifs is 1. The summed E-state index contributed by atoms with van der Waals surface area (Å²) in [6.45, 7) is 1.98. The Morgan fingerprint density at radius 1 is 1.13 bits per heavy atom. The molecule has 23 heavy (non-hydrogen) atoms. The highest BCUT2D eigenvalue weighted by atomic mass is 32.2. The fraction of sp³-hybridized carbons (Fsp3) is 0.333. The topological polar surface area (TPSA) is 66.4 Å². The highest BCUT2D eigenvalue weighted by molar-refractivity contribution is 7.99. The predicted octanol–water partition coefficient (Wildman–Crippen LogP) is 3.61. The van der Waals surface area contributed by atoms with Crippen LogP contribution in [0.25, 0.3) is 10.8 Å². The summed E-state index contributed by atoms with van der Waals surface area (Å²) < 4.78 is 0. The first-order chi connectivity index (χ1) is 11.0. The van der Waals surface area contributed by atoms with Crippen LogP contribution in [0.3, 0.4) is 0 Å². The number of carboxylic acid groups (broad SMARTS) is 1. The Labute approximate surface area is 140 Å². The molecule has 0 heterocycles. The molecule has 0 bridgehead atoms. The molecule has 5 heteroatoms. The van der Waals surface area contributed by atoms with Crippen molar-refractivity contribution in [2.45, 2.75) is 31.1 Å². The van der Waals surface area contributed by atoms with Crippen LogP contribution in [0.1, 0.15) is 31.4 Å². The number of hydrogen-bond acceptors (Lipinski definition) is 3. The van der Waals surface area contributed by atoms with Gasteiger partial charge in [0.15, 0.2) is 0 Å². The summed E-state index contributed by atoms with van der Waals surface area (Å²) >= 11 is 1.62. The highest BCUT2D eigenvalue weighted by Crippen LogP contribution is 2.26. The van der Waals surface area contributed by atoms with Crippen LogP contribution < -0.4 is 5.32 Å². The minimum atomic E-state index is -0.929. The van der Waals surface area contributed by atoms with Gasteiger partial charge in [0.1, 0.15) is 0 Å². The molecular formula is C18H21NO3S. The number of benzene rings is 2. The summed E-state index contributed by atoms with van der Waals surface area (Å²) in [6, 6.07) is 13.0. The molecule has 122 valence electrons.